The van der Waals surface area contributed by atoms with Crippen molar-refractivity contribution in [3.63, 3.8) is 0 Å². The summed E-state index contributed by atoms with van der Waals surface area (Å²) in [7, 11) is 0. The molecule has 1 aliphatic rings. The Morgan fingerprint density at radius 2 is 1.89 bits per heavy atom. The fraction of sp³-hybridized carbons (Fsp3) is 0.308. The second kappa shape index (κ2) is 4.47. The van der Waals surface area contributed by atoms with Gasteiger partial charge in [0.05, 0.1) is 11.1 Å². The van der Waals surface area contributed by atoms with E-state index in [4.69, 9.17) is 5.73 Å². The van der Waals surface area contributed by atoms with Gasteiger partial charge in [-0.2, -0.15) is 0 Å². The molecule has 0 aliphatic carbocycles. The molecule has 0 unspecified atom stereocenters. The van der Waals surface area contributed by atoms with Gasteiger partial charge in [-0.15, -0.1) is 0 Å². The van der Waals surface area contributed by atoms with Crippen LogP contribution in [-0.2, 0) is 4.79 Å². The molecule has 4 N–H and O–H groups in total. The van der Waals surface area contributed by atoms with Crippen molar-refractivity contribution in [2.24, 2.45) is 5.73 Å². The Kier molecular flexibility index (Phi) is 3.11. The topological polar surface area (TPSA) is 101 Å². The molecule has 2 rings (SSSR count). The van der Waals surface area contributed by atoms with E-state index >= 15 is 0 Å². The first-order chi connectivity index (χ1) is 8.76. The second-order valence-electron chi connectivity index (χ2n) is 5.26. The van der Waals surface area contributed by atoms with Crippen molar-refractivity contribution in [3.8, 4) is 0 Å². The van der Waals surface area contributed by atoms with Gasteiger partial charge in [-0.1, -0.05) is 0 Å². The number of nitrogens with two attached hydrogens (primary N) is 1. The standard InChI is InChI=1S/C13H15N3O3/c1-13(2,14)6-10(17)15-7-3-4-8-9(5-7)12(19)16-11(8)18/h3-5H,6,14H2,1-2H3,(H,15,17)(H,16,18,19). The van der Waals surface area contributed by atoms with Gasteiger partial charge in [0.1, 0.15) is 0 Å². The molecule has 0 atom stereocenters. The SMILES string of the molecule is CC(C)(N)CC(=O)Nc1ccc2c(c1)C(=O)NC2=O. The Hall–Kier alpha value is -2.21. The monoisotopic (exact) mass is 261 g/mol. The first kappa shape index (κ1) is 13.2. The number of imide groups is 1. The zero-order chi connectivity index (χ0) is 14.2. The van der Waals surface area contributed by atoms with E-state index in [0.717, 1.165) is 0 Å². The molecule has 100 valence electrons. The number of benzene rings is 1. The van der Waals surface area contributed by atoms with Gasteiger partial charge >= 0.3 is 0 Å². The third kappa shape index (κ3) is 2.97. The minimum Gasteiger partial charge on any atom is -0.326 e. The molecule has 0 saturated carbocycles. The summed E-state index contributed by atoms with van der Waals surface area (Å²) < 4.78 is 0. The van der Waals surface area contributed by atoms with Crippen LogP contribution in [0.1, 0.15) is 41.0 Å². The normalized spacial score (nSPS) is 14.1. The number of carbonyl (C=O) groups excluding carboxylic acids is 3. The number of rotatable bonds is 3. The van der Waals surface area contributed by atoms with Gasteiger partial charge in [0.25, 0.3) is 11.8 Å². The zero-order valence-electron chi connectivity index (χ0n) is 10.7. The molecule has 0 bridgehead atoms. The molecule has 0 saturated heterocycles. The molecule has 1 aromatic carbocycles. The third-order valence-electron chi connectivity index (χ3n) is 2.64. The maximum atomic E-state index is 11.7. The van der Waals surface area contributed by atoms with Crippen LogP contribution in [-0.4, -0.2) is 23.3 Å². The first-order valence-electron chi connectivity index (χ1n) is 5.85. The quantitative estimate of drug-likeness (QED) is 0.695. The van der Waals surface area contributed by atoms with E-state index in [-0.39, 0.29) is 17.9 Å². The van der Waals surface area contributed by atoms with Gasteiger partial charge in [0, 0.05) is 17.6 Å². The largest absolute Gasteiger partial charge is 0.326 e. The molecule has 0 fully saturated rings. The van der Waals surface area contributed by atoms with Crippen LogP contribution in [0.4, 0.5) is 5.69 Å². The lowest BCUT2D eigenvalue weighted by molar-refractivity contribution is -0.117. The van der Waals surface area contributed by atoms with Crippen LogP contribution in [0.2, 0.25) is 0 Å². The van der Waals surface area contributed by atoms with Gasteiger partial charge < -0.3 is 11.1 Å². The van der Waals surface area contributed by atoms with E-state index < -0.39 is 17.4 Å². The number of amides is 3. The second-order valence-corrected chi connectivity index (χ2v) is 5.26. The van der Waals surface area contributed by atoms with E-state index in [1.807, 2.05) is 0 Å². The zero-order valence-corrected chi connectivity index (χ0v) is 10.7. The molecule has 0 radical (unpaired) electrons. The highest BCUT2D eigenvalue weighted by Crippen LogP contribution is 2.20. The number of fused-ring (bicyclic) bond motifs is 1. The Balaban J connectivity index is 2.16. The molecule has 6 nitrogen and oxygen atoms in total. The van der Waals surface area contributed by atoms with Crippen LogP contribution >= 0.6 is 0 Å². The summed E-state index contributed by atoms with van der Waals surface area (Å²) in [5.74, 6) is -1.10. The lowest BCUT2D eigenvalue weighted by atomic mass is 10.0. The average Bonchev–Trinajstić information content (AvgIpc) is 2.51. The molecule has 1 aliphatic heterocycles. The fourth-order valence-electron chi connectivity index (χ4n) is 1.86. The first-order valence-corrected chi connectivity index (χ1v) is 5.85. The van der Waals surface area contributed by atoms with Crippen LogP contribution in [0.5, 0.6) is 0 Å². The molecular weight excluding hydrogens is 246 g/mol. The molecule has 0 aromatic heterocycles. The van der Waals surface area contributed by atoms with Crippen molar-refractivity contribution >= 4 is 23.4 Å². The maximum Gasteiger partial charge on any atom is 0.259 e. The minimum absolute atomic E-state index is 0.162. The summed E-state index contributed by atoms with van der Waals surface area (Å²) in [6.07, 6.45) is 0.162. The summed E-state index contributed by atoms with van der Waals surface area (Å²) in [5.41, 5.74) is 6.21. The molecule has 1 aromatic rings. The summed E-state index contributed by atoms with van der Waals surface area (Å²) in [4.78, 5) is 34.6. The average molecular weight is 261 g/mol. The van der Waals surface area contributed by atoms with E-state index in [1.54, 1.807) is 19.9 Å². The van der Waals surface area contributed by atoms with Crippen molar-refractivity contribution in [2.45, 2.75) is 25.8 Å². The third-order valence-corrected chi connectivity index (χ3v) is 2.64. The number of hydrogen-bond donors (Lipinski definition) is 3. The predicted octanol–water partition coefficient (Wildman–Crippen LogP) is 0.636. The molecule has 19 heavy (non-hydrogen) atoms. The van der Waals surface area contributed by atoms with E-state index in [1.165, 1.54) is 12.1 Å². The van der Waals surface area contributed by atoms with Crippen molar-refractivity contribution in [2.75, 3.05) is 5.32 Å². The van der Waals surface area contributed by atoms with Crippen molar-refractivity contribution in [3.05, 3.63) is 29.3 Å². The molecule has 6 heteroatoms. The number of carbonyl (C=O) groups is 3. The summed E-state index contributed by atoms with van der Waals surface area (Å²) in [6.45, 7) is 3.50. The highest BCUT2D eigenvalue weighted by Gasteiger charge is 2.27. The van der Waals surface area contributed by atoms with Gasteiger partial charge in [-0.05, 0) is 32.0 Å². The molecule has 1 heterocycles. The Bertz CT molecular complexity index is 573. The number of anilines is 1. The van der Waals surface area contributed by atoms with E-state index in [2.05, 4.69) is 10.6 Å². The molecular formula is C13H15N3O3. The van der Waals surface area contributed by atoms with Crippen LogP contribution in [0, 0.1) is 0 Å². The lowest BCUT2D eigenvalue weighted by Gasteiger charge is -2.17. The molecule has 3 amide bonds. The highest BCUT2D eigenvalue weighted by molar-refractivity contribution is 6.22. The van der Waals surface area contributed by atoms with Gasteiger partial charge in [0.2, 0.25) is 5.91 Å². The van der Waals surface area contributed by atoms with Crippen LogP contribution in [0.15, 0.2) is 18.2 Å². The predicted molar refractivity (Wildman–Crippen MR) is 69.8 cm³/mol. The lowest BCUT2D eigenvalue weighted by Crippen LogP contribution is -2.36. The Morgan fingerprint density at radius 3 is 2.53 bits per heavy atom. The van der Waals surface area contributed by atoms with Crippen molar-refractivity contribution in [1.29, 1.82) is 0 Å². The Morgan fingerprint density at radius 1 is 1.26 bits per heavy atom. The van der Waals surface area contributed by atoms with Crippen molar-refractivity contribution < 1.29 is 14.4 Å². The highest BCUT2D eigenvalue weighted by atomic mass is 16.2. The number of nitrogens with one attached hydrogen (secondary N) is 2. The fourth-order valence-corrected chi connectivity index (χ4v) is 1.86. The maximum absolute atomic E-state index is 11.7. The Labute approximate surface area is 110 Å². The van der Waals surface area contributed by atoms with E-state index in [9.17, 15) is 14.4 Å². The number of hydrogen-bond acceptors (Lipinski definition) is 4. The van der Waals surface area contributed by atoms with Gasteiger partial charge in [-0.25, -0.2) is 0 Å². The summed E-state index contributed by atoms with van der Waals surface area (Å²) in [6, 6.07) is 4.58. The minimum atomic E-state index is -0.603. The van der Waals surface area contributed by atoms with Crippen LogP contribution in [0.3, 0.4) is 0 Å². The van der Waals surface area contributed by atoms with Crippen LogP contribution < -0.4 is 16.4 Å². The van der Waals surface area contributed by atoms with Crippen molar-refractivity contribution in [1.82, 2.24) is 5.32 Å². The summed E-state index contributed by atoms with van der Waals surface area (Å²) in [5, 5.41) is 4.84. The smallest absolute Gasteiger partial charge is 0.259 e. The van der Waals surface area contributed by atoms with E-state index in [0.29, 0.717) is 11.3 Å². The molecule has 0 spiro atoms. The van der Waals surface area contributed by atoms with Gasteiger partial charge in [0.15, 0.2) is 0 Å². The summed E-state index contributed by atoms with van der Waals surface area (Å²) >= 11 is 0. The van der Waals surface area contributed by atoms with Crippen LogP contribution in [0.25, 0.3) is 0 Å². The van der Waals surface area contributed by atoms with Gasteiger partial charge in [-0.3, -0.25) is 19.7 Å².